The van der Waals surface area contributed by atoms with Crippen molar-refractivity contribution >= 4 is 5.91 Å². The van der Waals surface area contributed by atoms with Gasteiger partial charge in [-0.2, -0.15) is 4.98 Å². The molecule has 0 radical (unpaired) electrons. The molecule has 0 spiro atoms. The van der Waals surface area contributed by atoms with Gasteiger partial charge in [0, 0.05) is 32.2 Å². The number of carbonyl (C=O) groups is 1. The van der Waals surface area contributed by atoms with Gasteiger partial charge in [-0.05, 0) is 0 Å². The monoisotopic (exact) mass is 397 g/mol. The third-order valence-corrected chi connectivity index (χ3v) is 4.73. The fourth-order valence-electron chi connectivity index (χ4n) is 3.07. The lowest BCUT2D eigenvalue weighted by Crippen LogP contribution is -2.38. The first-order chi connectivity index (χ1) is 14.2. The predicted octanol–water partition coefficient (Wildman–Crippen LogP) is 0.932. The van der Waals surface area contributed by atoms with E-state index in [1.807, 2.05) is 30.3 Å². The quantitative estimate of drug-likeness (QED) is 0.580. The zero-order chi connectivity index (χ0) is 20.1. The lowest BCUT2D eigenvalue weighted by Gasteiger charge is -2.26. The minimum absolute atomic E-state index is 0.194. The van der Waals surface area contributed by atoms with Gasteiger partial charge in [-0.25, -0.2) is 0 Å². The first-order valence-corrected chi connectivity index (χ1v) is 9.53. The van der Waals surface area contributed by atoms with Crippen molar-refractivity contribution < 1.29 is 14.1 Å². The van der Waals surface area contributed by atoms with Crippen molar-refractivity contribution in [3.8, 4) is 11.4 Å². The molecule has 1 saturated heterocycles. The molecule has 3 aromatic rings. The molecule has 0 bridgehead atoms. The zero-order valence-electron chi connectivity index (χ0n) is 16.3. The van der Waals surface area contributed by atoms with Gasteiger partial charge in [0.05, 0.1) is 26.0 Å². The van der Waals surface area contributed by atoms with Crippen LogP contribution in [-0.2, 0) is 17.8 Å². The van der Waals surface area contributed by atoms with E-state index in [-0.39, 0.29) is 18.1 Å². The third kappa shape index (κ3) is 4.84. The normalized spacial score (nSPS) is 14.8. The topological polar surface area (TPSA) is 102 Å². The molecule has 2 aromatic heterocycles. The summed E-state index contributed by atoms with van der Waals surface area (Å²) in [6, 6.07) is 9.54. The summed E-state index contributed by atoms with van der Waals surface area (Å²) in [7, 11) is 1.67. The summed E-state index contributed by atoms with van der Waals surface area (Å²) in [6.07, 6.45) is 1.67. The van der Waals surface area contributed by atoms with Crippen molar-refractivity contribution in [1.82, 2.24) is 34.9 Å². The van der Waals surface area contributed by atoms with Crippen LogP contribution in [0.5, 0.6) is 0 Å². The summed E-state index contributed by atoms with van der Waals surface area (Å²) in [6.45, 7) is 5.06. The molecule has 0 aliphatic carbocycles. The second-order valence-corrected chi connectivity index (χ2v) is 6.86. The SMILES string of the molecule is CN(Cc1nc(-c2ccccc2)no1)C(=O)c1cn(CCN2CCOCC2)nn1. The maximum atomic E-state index is 12.6. The Balaban J connectivity index is 1.32. The second-order valence-electron chi connectivity index (χ2n) is 6.86. The molecule has 29 heavy (non-hydrogen) atoms. The van der Waals surface area contributed by atoms with E-state index in [4.69, 9.17) is 9.26 Å². The van der Waals surface area contributed by atoms with Crippen LogP contribution in [0.15, 0.2) is 41.1 Å². The molecular formula is C19H23N7O3. The summed E-state index contributed by atoms with van der Waals surface area (Å²) in [5.74, 6) is 0.608. The van der Waals surface area contributed by atoms with Crippen LogP contribution in [0, 0.1) is 0 Å². The smallest absolute Gasteiger partial charge is 0.276 e. The highest BCUT2D eigenvalue weighted by molar-refractivity contribution is 5.91. The van der Waals surface area contributed by atoms with E-state index in [1.54, 1.807) is 17.9 Å². The minimum atomic E-state index is -0.248. The third-order valence-electron chi connectivity index (χ3n) is 4.73. The van der Waals surface area contributed by atoms with Crippen LogP contribution in [-0.4, -0.2) is 80.7 Å². The lowest BCUT2D eigenvalue weighted by molar-refractivity contribution is 0.0359. The van der Waals surface area contributed by atoms with E-state index < -0.39 is 0 Å². The van der Waals surface area contributed by atoms with Gasteiger partial charge in [-0.1, -0.05) is 40.7 Å². The Morgan fingerprint density at radius 2 is 1.97 bits per heavy atom. The summed E-state index contributed by atoms with van der Waals surface area (Å²) < 4.78 is 12.3. The Morgan fingerprint density at radius 1 is 1.17 bits per heavy atom. The van der Waals surface area contributed by atoms with Gasteiger partial charge in [0.15, 0.2) is 5.69 Å². The molecule has 0 saturated carbocycles. The van der Waals surface area contributed by atoms with Crippen LogP contribution >= 0.6 is 0 Å². The van der Waals surface area contributed by atoms with Crippen molar-refractivity contribution in [2.45, 2.75) is 13.1 Å². The predicted molar refractivity (Wildman–Crippen MR) is 103 cm³/mol. The number of amides is 1. The molecule has 1 fully saturated rings. The molecule has 4 rings (SSSR count). The molecular weight excluding hydrogens is 374 g/mol. The molecule has 10 heteroatoms. The molecule has 0 atom stereocenters. The molecule has 10 nitrogen and oxygen atoms in total. The number of morpholine rings is 1. The Bertz CT molecular complexity index is 934. The Kier molecular flexibility index (Phi) is 5.92. The highest BCUT2D eigenvalue weighted by atomic mass is 16.5. The number of ether oxygens (including phenoxy) is 1. The zero-order valence-corrected chi connectivity index (χ0v) is 16.3. The molecule has 0 unspecified atom stereocenters. The van der Waals surface area contributed by atoms with Gasteiger partial charge in [-0.15, -0.1) is 5.10 Å². The number of benzene rings is 1. The van der Waals surface area contributed by atoms with Gasteiger partial charge in [0.1, 0.15) is 6.54 Å². The number of rotatable bonds is 7. The van der Waals surface area contributed by atoms with Gasteiger partial charge in [0.2, 0.25) is 11.7 Å². The van der Waals surface area contributed by atoms with Crippen LogP contribution in [0.1, 0.15) is 16.4 Å². The number of carbonyl (C=O) groups excluding carboxylic acids is 1. The van der Waals surface area contributed by atoms with Gasteiger partial charge in [-0.3, -0.25) is 14.4 Å². The van der Waals surface area contributed by atoms with Crippen LogP contribution in [0.3, 0.4) is 0 Å². The van der Waals surface area contributed by atoms with Crippen molar-refractivity contribution in [1.29, 1.82) is 0 Å². The summed E-state index contributed by atoms with van der Waals surface area (Å²) in [5.41, 5.74) is 1.15. The molecule has 3 heterocycles. The molecule has 0 N–H and O–H groups in total. The summed E-state index contributed by atoms with van der Waals surface area (Å²) in [5, 5.41) is 12.0. The number of hydrogen-bond acceptors (Lipinski definition) is 8. The number of aromatic nitrogens is 5. The minimum Gasteiger partial charge on any atom is -0.379 e. The fourth-order valence-corrected chi connectivity index (χ4v) is 3.07. The Labute approximate surface area is 168 Å². The highest BCUT2D eigenvalue weighted by Crippen LogP contribution is 2.15. The van der Waals surface area contributed by atoms with Crippen molar-refractivity contribution in [3.05, 3.63) is 48.1 Å². The number of hydrogen-bond donors (Lipinski definition) is 0. The molecule has 1 aliphatic heterocycles. The van der Waals surface area contributed by atoms with E-state index in [0.717, 1.165) is 38.4 Å². The maximum Gasteiger partial charge on any atom is 0.276 e. The van der Waals surface area contributed by atoms with Crippen LogP contribution in [0.4, 0.5) is 0 Å². The average Bonchev–Trinajstić information content (AvgIpc) is 3.43. The summed E-state index contributed by atoms with van der Waals surface area (Å²) in [4.78, 5) is 20.8. The van der Waals surface area contributed by atoms with E-state index in [0.29, 0.717) is 18.3 Å². The standard InChI is InChI=1S/C19H23N7O3/c1-24(14-17-20-18(22-29-17)15-5-3-2-4-6-15)19(27)16-13-26(23-21-16)8-7-25-9-11-28-12-10-25/h2-6,13H,7-12,14H2,1H3. The molecule has 1 aromatic carbocycles. The van der Waals surface area contributed by atoms with E-state index >= 15 is 0 Å². The van der Waals surface area contributed by atoms with E-state index in [9.17, 15) is 4.79 Å². The van der Waals surface area contributed by atoms with Gasteiger partial charge < -0.3 is 14.2 Å². The average molecular weight is 397 g/mol. The second kappa shape index (κ2) is 8.93. The first kappa shape index (κ1) is 19.2. The first-order valence-electron chi connectivity index (χ1n) is 9.53. The Hall–Kier alpha value is -3.11. The molecule has 1 aliphatic rings. The van der Waals surface area contributed by atoms with Gasteiger partial charge >= 0.3 is 0 Å². The molecule has 1 amide bonds. The van der Waals surface area contributed by atoms with Gasteiger partial charge in [0.25, 0.3) is 5.91 Å². The fraction of sp³-hybridized carbons (Fsp3) is 0.421. The largest absolute Gasteiger partial charge is 0.379 e. The van der Waals surface area contributed by atoms with Crippen LogP contribution < -0.4 is 0 Å². The van der Waals surface area contributed by atoms with Crippen molar-refractivity contribution in [2.24, 2.45) is 0 Å². The van der Waals surface area contributed by atoms with E-state index in [2.05, 4.69) is 25.4 Å². The van der Waals surface area contributed by atoms with Crippen LogP contribution in [0.25, 0.3) is 11.4 Å². The lowest BCUT2D eigenvalue weighted by atomic mass is 10.2. The van der Waals surface area contributed by atoms with Crippen molar-refractivity contribution in [2.75, 3.05) is 39.9 Å². The molecule has 152 valence electrons. The van der Waals surface area contributed by atoms with E-state index in [1.165, 1.54) is 4.90 Å². The number of nitrogens with zero attached hydrogens (tertiary/aromatic N) is 7. The highest BCUT2D eigenvalue weighted by Gasteiger charge is 2.19. The van der Waals surface area contributed by atoms with Crippen molar-refractivity contribution in [3.63, 3.8) is 0 Å². The maximum absolute atomic E-state index is 12.6. The summed E-state index contributed by atoms with van der Waals surface area (Å²) >= 11 is 0. The van der Waals surface area contributed by atoms with Crippen LogP contribution in [0.2, 0.25) is 0 Å². The Morgan fingerprint density at radius 3 is 2.76 bits per heavy atom.